The molecular weight excluding hydrogens is 296 g/mol. The van der Waals surface area contributed by atoms with E-state index in [1.807, 2.05) is 30.5 Å². The standard InChI is InChI=1S/C16H18N4OS/c1-3-16-20-12(9-22-16)8-17-15(21)7-11-4-5-13-14(6-11)19-10(2)18-13/h4-6,9H,3,7-8H2,1-2H3,(H,17,21)(H,18,19). The maximum absolute atomic E-state index is 12.0. The van der Waals surface area contributed by atoms with Crippen LogP contribution in [0.5, 0.6) is 0 Å². The number of rotatable bonds is 5. The lowest BCUT2D eigenvalue weighted by molar-refractivity contribution is -0.120. The quantitative estimate of drug-likeness (QED) is 0.760. The van der Waals surface area contributed by atoms with E-state index in [4.69, 9.17) is 0 Å². The zero-order chi connectivity index (χ0) is 15.5. The van der Waals surface area contributed by atoms with Crippen LogP contribution in [0.3, 0.4) is 0 Å². The summed E-state index contributed by atoms with van der Waals surface area (Å²) in [6.45, 7) is 4.49. The van der Waals surface area contributed by atoms with Crippen molar-refractivity contribution < 1.29 is 4.79 Å². The molecule has 1 aromatic carbocycles. The summed E-state index contributed by atoms with van der Waals surface area (Å²) in [5.74, 6) is 0.883. The summed E-state index contributed by atoms with van der Waals surface area (Å²) in [4.78, 5) is 24.0. The van der Waals surface area contributed by atoms with Gasteiger partial charge in [-0.05, 0) is 31.0 Å². The van der Waals surface area contributed by atoms with Crippen molar-refractivity contribution in [3.8, 4) is 0 Å². The fourth-order valence-electron chi connectivity index (χ4n) is 2.32. The number of hydrogen-bond acceptors (Lipinski definition) is 4. The predicted octanol–water partition coefficient (Wildman–Crippen LogP) is 2.75. The van der Waals surface area contributed by atoms with E-state index in [-0.39, 0.29) is 5.91 Å². The molecule has 1 amide bonds. The van der Waals surface area contributed by atoms with Gasteiger partial charge in [-0.3, -0.25) is 4.79 Å². The monoisotopic (exact) mass is 314 g/mol. The van der Waals surface area contributed by atoms with Crippen LogP contribution in [0.25, 0.3) is 11.0 Å². The second kappa shape index (κ2) is 6.27. The number of carbonyl (C=O) groups is 1. The topological polar surface area (TPSA) is 70.7 Å². The first-order chi connectivity index (χ1) is 10.6. The first-order valence-corrected chi connectivity index (χ1v) is 8.17. The fourth-order valence-corrected chi connectivity index (χ4v) is 3.07. The number of aromatic nitrogens is 3. The number of fused-ring (bicyclic) bond motifs is 1. The molecule has 3 aromatic rings. The Morgan fingerprint density at radius 3 is 3.00 bits per heavy atom. The van der Waals surface area contributed by atoms with E-state index in [1.54, 1.807) is 11.3 Å². The second-order valence-electron chi connectivity index (χ2n) is 5.21. The Kier molecular flexibility index (Phi) is 4.20. The number of imidazole rings is 1. The van der Waals surface area contributed by atoms with Crippen LogP contribution in [0.4, 0.5) is 0 Å². The maximum atomic E-state index is 12.0. The minimum absolute atomic E-state index is 0.00151. The van der Waals surface area contributed by atoms with E-state index >= 15 is 0 Å². The summed E-state index contributed by atoms with van der Waals surface area (Å²) in [6, 6.07) is 5.86. The third-order valence-corrected chi connectivity index (χ3v) is 4.44. The Labute approximate surface area is 132 Å². The van der Waals surface area contributed by atoms with Crippen LogP contribution < -0.4 is 5.32 Å². The number of benzene rings is 1. The van der Waals surface area contributed by atoms with Gasteiger partial charge < -0.3 is 10.3 Å². The summed E-state index contributed by atoms with van der Waals surface area (Å²) in [5.41, 5.74) is 3.79. The van der Waals surface area contributed by atoms with Gasteiger partial charge in [0, 0.05) is 5.38 Å². The molecule has 2 heterocycles. The Hall–Kier alpha value is -2.21. The lowest BCUT2D eigenvalue weighted by atomic mass is 10.1. The number of aromatic amines is 1. The van der Waals surface area contributed by atoms with Crippen molar-refractivity contribution in [1.82, 2.24) is 20.3 Å². The number of aryl methyl sites for hydroxylation is 2. The zero-order valence-electron chi connectivity index (χ0n) is 12.6. The molecule has 0 unspecified atom stereocenters. The number of nitrogens with one attached hydrogen (secondary N) is 2. The molecule has 0 atom stereocenters. The number of carbonyl (C=O) groups excluding carboxylic acids is 1. The molecule has 0 spiro atoms. The van der Waals surface area contributed by atoms with Gasteiger partial charge in [0.1, 0.15) is 5.82 Å². The molecule has 114 valence electrons. The van der Waals surface area contributed by atoms with Gasteiger partial charge in [-0.2, -0.15) is 0 Å². The van der Waals surface area contributed by atoms with Gasteiger partial charge in [0.25, 0.3) is 0 Å². The molecule has 5 nitrogen and oxygen atoms in total. The lowest BCUT2D eigenvalue weighted by Gasteiger charge is -2.03. The van der Waals surface area contributed by atoms with Crippen molar-refractivity contribution in [3.63, 3.8) is 0 Å². The van der Waals surface area contributed by atoms with Crippen LogP contribution in [0, 0.1) is 6.92 Å². The van der Waals surface area contributed by atoms with E-state index < -0.39 is 0 Å². The molecule has 6 heteroatoms. The molecule has 22 heavy (non-hydrogen) atoms. The molecule has 2 N–H and O–H groups in total. The fraction of sp³-hybridized carbons (Fsp3) is 0.312. The van der Waals surface area contributed by atoms with Gasteiger partial charge in [0.15, 0.2) is 0 Å². The normalized spacial score (nSPS) is 11.0. The van der Waals surface area contributed by atoms with E-state index in [9.17, 15) is 4.79 Å². The number of nitrogens with zero attached hydrogens (tertiary/aromatic N) is 2. The molecule has 0 aliphatic rings. The van der Waals surface area contributed by atoms with Gasteiger partial charge in [-0.1, -0.05) is 13.0 Å². The van der Waals surface area contributed by atoms with Crippen molar-refractivity contribution in [2.45, 2.75) is 33.2 Å². The minimum Gasteiger partial charge on any atom is -0.350 e. The van der Waals surface area contributed by atoms with Crippen molar-refractivity contribution in [1.29, 1.82) is 0 Å². The summed E-state index contributed by atoms with van der Waals surface area (Å²) in [6.07, 6.45) is 1.29. The average Bonchev–Trinajstić information content (AvgIpc) is 3.09. The van der Waals surface area contributed by atoms with Crippen LogP contribution in [-0.4, -0.2) is 20.9 Å². The van der Waals surface area contributed by atoms with Gasteiger partial charge in [0.05, 0.1) is 34.7 Å². The molecule has 3 rings (SSSR count). The molecule has 0 fully saturated rings. The largest absolute Gasteiger partial charge is 0.350 e. The van der Waals surface area contributed by atoms with E-state index in [2.05, 4.69) is 27.2 Å². The van der Waals surface area contributed by atoms with Crippen molar-refractivity contribution in [3.05, 3.63) is 45.7 Å². The van der Waals surface area contributed by atoms with Crippen molar-refractivity contribution >= 4 is 28.3 Å². The summed E-state index contributed by atoms with van der Waals surface area (Å²) >= 11 is 1.64. The Balaban J connectivity index is 1.60. The molecular formula is C16H18N4OS. The summed E-state index contributed by atoms with van der Waals surface area (Å²) in [7, 11) is 0. The number of H-pyrrole nitrogens is 1. The van der Waals surface area contributed by atoms with Crippen LogP contribution in [0.1, 0.15) is 29.0 Å². The lowest BCUT2D eigenvalue weighted by Crippen LogP contribution is -2.24. The van der Waals surface area contributed by atoms with Crippen molar-refractivity contribution in [2.24, 2.45) is 0 Å². The highest BCUT2D eigenvalue weighted by Gasteiger charge is 2.07. The number of amides is 1. The average molecular weight is 314 g/mol. The minimum atomic E-state index is 0.00151. The summed E-state index contributed by atoms with van der Waals surface area (Å²) in [5, 5.41) is 6.02. The van der Waals surface area contributed by atoms with E-state index in [0.29, 0.717) is 13.0 Å². The highest BCUT2D eigenvalue weighted by Crippen LogP contribution is 2.14. The van der Waals surface area contributed by atoms with Crippen LogP contribution in [0.2, 0.25) is 0 Å². The Morgan fingerprint density at radius 2 is 2.23 bits per heavy atom. The third kappa shape index (κ3) is 3.33. The summed E-state index contributed by atoms with van der Waals surface area (Å²) < 4.78 is 0. The maximum Gasteiger partial charge on any atom is 0.224 e. The Morgan fingerprint density at radius 1 is 1.36 bits per heavy atom. The van der Waals surface area contributed by atoms with Gasteiger partial charge >= 0.3 is 0 Å². The molecule has 0 aliphatic carbocycles. The Bertz CT molecular complexity index is 805. The highest BCUT2D eigenvalue weighted by atomic mass is 32.1. The predicted molar refractivity (Wildman–Crippen MR) is 87.9 cm³/mol. The molecule has 0 bridgehead atoms. The number of hydrogen-bond donors (Lipinski definition) is 2. The zero-order valence-corrected chi connectivity index (χ0v) is 13.5. The van der Waals surface area contributed by atoms with Gasteiger partial charge in [-0.25, -0.2) is 9.97 Å². The van der Waals surface area contributed by atoms with E-state index in [0.717, 1.165) is 39.5 Å². The highest BCUT2D eigenvalue weighted by molar-refractivity contribution is 7.09. The second-order valence-corrected chi connectivity index (χ2v) is 6.16. The van der Waals surface area contributed by atoms with Gasteiger partial charge in [0.2, 0.25) is 5.91 Å². The first-order valence-electron chi connectivity index (χ1n) is 7.29. The smallest absolute Gasteiger partial charge is 0.224 e. The molecule has 0 saturated heterocycles. The third-order valence-electron chi connectivity index (χ3n) is 3.40. The van der Waals surface area contributed by atoms with Crippen LogP contribution in [-0.2, 0) is 24.2 Å². The van der Waals surface area contributed by atoms with Gasteiger partial charge in [-0.15, -0.1) is 11.3 Å². The number of thiazole rings is 1. The molecule has 2 aromatic heterocycles. The molecule has 0 aliphatic heterocycles. The molecule has 0 saturated carbocycles. The van der Waals surface area contributed by atoms with Crippen LogP contribution >= 0.6 is 11.3 Å². The SMILES string of the molecule is CCc1nc(CNC(=O)Cc2ccc3nc(C)[nH]c3c2)cs1. The molecule has 0 radical (unpaired) electrons. The van der Waals surface area contributed by atoms with Crippen LogP contribution in [0.15, 0.2) is 23.6 Å². The van der Waals surface area contributed by atoms with Crippen molar-refractivity contribution in [2.75, 3.05) is 0 Å². The first kappa shape index (κ1) is 14.7. The van der Waals surface area contributed by atoms with E-state index in [1.165, 1.54) is 0 Å².